The number of carbonyl (C=O) groups excluding carboxylic acids is 1. The molecule has 0 radical (unpaired) electrons. The van der Waals surface area contributed by atoms with Gasteiger partial charge in [0, 0.05) is 19.6 Å². The number of anilines is 2. The third-order valence-corrected chi connectivity index (χ3v) is 4.76. The maximum atomic E-state index is 11.0. The summed E-state index contributed by atoms with van der Waals surface area (Å²) in [6, 6.07) is 11.9. The maximum Gasteiger partial charge on any atom is 0.255 e. The molecule has 0 saturated carbocycles. The number of benzene rings is 2. The molecule has 2 aromatic carbocycles. The fraction of sp³-hybridized carbons (Fsp3) is 0.350. The average molecular weight is 390 g/mol. The van der Waals surface area contributed by atoms with Gasteiger partial charge in [0.2, 0.25) is 0 Å². The lowest BCUT2D eigenvalue weighted by Crippen LogP contribution is -2.20. The molecule has 3 N–H and O–H groups in total. The summed E-state index contributed by atoms with van der Waals surface area (Å²) >= 11 is 6.32. The van der Waals surface area contributed by atoms with Crippen molar-refractivity contribution >= 4 is 28.9 Å². The second-order valence-corrected chi connectivity index (χ2v) is 6.84. The molecule has 1 amide bonds. The topological polar surface area (TPSA) is 76.8 Å². The summed E-state index contributed by atoms with van der Waals surface area (Å²) in [5, 5.41) is 3.86. The fourth-order valence-corrected chi connectivity index (χ4v) is 3.50. The molecule has 0 unspecified atom stereocenters. The summed E-state index contributed by atoms with van der Waals surface area (Å²) in [5.74, 6) is 0.213. The van der Waals surface area contributed by atoms with Crippen molar-refractivity contribution in [3.05, 3.63) is 47.0 Å². The lowest BCUT2D eigenvalue weighted by atomic mass is 10.1. The molecule has 1 heterocycles. The minimum atomic E-state index is -0.572. The van der Waals surface area contributed by atoms with E-state index in [0.29, 0.717) is 23.1 Å². The number of hydrogen-bond acceptors (Lipinski definition) is 5. The van der Waals surface area contributed by atoms with Crippen LogP contribution in [0.1, 0.15) is 18.4 Å². The van der Waals surface area contributed by atoms with Crippen molar-refractivity contribution in [2.45, 2.75) is 19.4 Å². The molecule has 0 bridgehead atoms. The number of nitrogens with one attached hydrogen (secondary N) is 1. The first-order valence-electron chi connectivity index (χ1n) is 8.94. The van der Waals surface area contributed by atoms with Gasteiger partial charge >= 0.3 is 0 Å². The summed E-state index contributed by atoms with van der Waals surface area (Å²) < 4.78 is 10.7. The zero-order chi connectivity index (χ0) is 19.2. The first-order chi connectivity index (χ1) is 13.1. The van der Waals surface area contributed by atoms with Gasteiger partial charge in [-0.25, -0.2) is 0 Å². The van der Waals surface area contributed by atoms with Crippen molar-refractivity contribution in [3.8, 4) is 11.5 Å². The van der Waals surface area contributed by atoms with E-state index in [9.17, 15) is 4.79 Å². The van der Waals surface area contributed by atoms with E-state index in [0.717, 1.165) is 24.3 Å². The van der Waals surface area contributed by atoms with Crippen LogP contribution in [0.3, 0.4) is 0 Å². The predicted molar refractivity (Wildman–Crippen MR) is 108 cm³/mol. The molecule has 1 aliphatic heterocycles. The largest absolute Gasteiger partial charge is 0.493 e. The first-order valence-corrected chi connectivity index (χ1v) is 9.31. The molecule has 0 atom stereocenters. The van der Waals surface area contributed by atoms with E-state index in [1.807, 2.05) is 12.1 Å². The van der Waals surface area contributed by atoms with Gasteiger partial charge in [0.1, 0.15) is 0 Å². The van der Waals surface area contributed by atoms with E-state index >= 15 is 0 Å². The number of carbonyl (C=O) groups is 1. The average Bonchev–Trinajstić information content (AvgIpc) is 3.19. The molecule has 144 valence electrons. The Bertz CT molecular complexity index is 807. The molecule has 0 spiro atoms. The predicted octanol–water partition coefficient (Wildman–Crippen LogP) is 3.43. The van der Waals surface area contributed by atoms with Gasteiger partial charge in [-0.15, -0.1) is 0 Å². The van der Waals surface area contributed by atoms with Crippen molar-refractivity contribution in [1.29, 1.82) is 0 Å². The van der Waals surface area contributed by atoms with Gasteiger partial charge < -0.3 is 25.4 Å². The molecule has 7 heteroatoms. The number of nitrogens with zero attached hydrogens (tertiary/aromatic N) is 1. The van der Waals surface area contributed by atoms with Crippen molar-refractivity contribution < 1.29 is 14.3 Å². The van der Waals surface area contributed by atoms with Crippen LogP contribution in [-0.2, 0) is 11.3 Å². The Balaban J connectivity index is 1.75. The van der Waals surface area contributed by atoms with Crippen molar-refractivity contribution in [1.82, 2.24) is 0 Å². The Morgan fingerprint density at radius 1 is 1.26 bits per heavy atom. The molecular weight excluding hydrogens is 366 g/mol. The lowest BCUT2D eigenvalue weighted by Gasteiger charge is -2.22. The third-order valence-electron chi connectivity index (χ3n) is 4.48. The second kappa shape index (κ2) is 8.86. The van der Waals surface area contributed by atoms with E-state index in [4.69, 9.17) is 26.8 Å². The van der Waals surface area contributed by atoms with Crippen LogP contribution in [0.4, 0.5) is 11.4 Å². The van der Waals surface area contributed by atoms with Gasteiger partial charge in [-0.3, -0.25) is 4.79 Å². The number of rotatable bonds is 8. The Morgan fingerprint density at radius 2 is 2.00 bits per heavy atom. The fourth-order valence-electron chi connectivity index (χ4n) is 3.21. The maximum absolute atomic E-state index is 11.0. The normalized spacial score (nSPS) is 13.5. The molecule has 27 heavy (non-hydrogen) atoms. The second-order valence-electron chi connectivity index (χ2n) is 6.43. The van der Waals surface area contributed by atoms with E-state index in [1.54, 1.807) is 6.07 Å². The molecule has 1 aliphatic rings. The lowest BCUT2D eigenvalue weighted by molar-refractivity contribution is -0.119. The highest BCUT2D eigenvalue weighted by Crippen LogP contribution is 2.37. The summed E-state index contributed by atoms with van der Waals surface area (Å²) in [5.41, 5.74) is 8.38. The van der Waals surface area contributed by atoms with Crippen LogP contribution in [0.15, 0.2) is 36.4 Å². The zero-order valence-corrected chi connectivity index (χ0v) is 16.1. The molecule has 3 rings (SSSR count). The monoisotopic (exact) mass is 389 g/mol. The van der Waals surface area contributed by atoms with Crippen LogP contribution in [0.25, 0.3) is 0 Å². The first kappa shape index (κ1) is 19.2. The van der Waals surface area contributed by atoms with Gasteiger partial charge in [-0.1, -0.05) is 23.7 Å². The molecule has 6 nitrogen and oxygen atoms in total. The van der Waals surface area contributed by atoms with Crippen molar-refractivity contribution in [2.24, 2.45) is 5.73 Å². The quantitative estimate of drug-likeness (QED) is 0.723. The standard InChI is InChI=1S/C20H24ClN3O3/c1-26-18-11-14(10-15(21)20(18)27-13-19(22)25)12-23-16-6-2-3-7-17(16)24-8-4-5-9-24/h2-3,6-7,10-11,23H,4-5,8-9,12-13H2,1H3,(H2,22,25). The van der Waals surface area contributed by atoms with E-state index < -0.39 is 5.91 Å². The molecule has 1 fully saturated rings. The highest BCUT2D eigenvalue weighted by atomic mass is 35.5. The van der Waals surface area contributed by atoms with Crippen molar-refractivity contribution in [3.63, 3.8) is 0 Å². The Morgan fingerprint density at radius 3 is 2.70 bits per heavy atom. The number of halogens is 1. The molecular formula is C20H24ClN3O3. The Hall–Kier alpha value is -2.60. The number of amides is 1. The van der Waals surface area contributed by atoms with Crippen LogP contribution in [0, 0.1) is 0 Å². The van der Waals surface area contributed by atoms with Crippen LogP contribution in [-0.4, -0.2) is 32.7 Å². The van der Waals surface area contributed by atoms with Crippen LogP contribution < -0.4 is 25.4 Å². The molecule has 0 aromatic heterocycles. The van der Waals surface area contributed by atoms with E-state index in [2.05, 4.69) is 28.4 Å². The highest BCUT2D eigenvalue weighted by molar-refractivity contribution is 6.32. The number of methoxy groups -OCH3 is 1. The summed E-state index contributed by atoms with van der Waals surface area (Å²) in [7, 11) is 1.53. The minimum Gasteiger partial charge on any atom is -0.493 e. The van der Waals surface area contributed by atoms with Gasteiger partial charge in [0.25, 0.3) is 5.91 Å². The van der Waals surface area contributed by atoms with Gasteiger partial charge in [0.15, 0.2) is 18.1 Å². The number of hydrogen-bond donors (Lipinski definition) is 2. The van der Waals surface area contributed by atoms with Gasteiger partial charge in [0.05, 0.1) is 23.5 Å². The van der Waals surface area contributed by atoms with Gasteiger partial charge in [-0.2, -0.15) is 0 Å². The molecule has 0 aliphatic carbocycles. The molecule has 2 aromatic rings. The van der Waals surface area contributed by atoms with Gasteiger partial charge in [-0.05, 0) is 42.7 Å². The van der Waals surface area contributed by atoms with E-state index in [-0.39, 0.29) is 6.61 Å². The number of para-hydroxylation sites is 2. The smallest absolute Gasteiger partial charge is 0.255 e. The summed E-state index contributed by atoms with van der Waals surface area (Å²) in [4.78, 5) is 13.3. The summed E-state index contributed by atoms with van der Waals surface area (Å²) in [6.45, 7) is 2.50. The van der Waals surface area contributed by atoms with Crippen molar-refractivity contribution in [2.75, 3.05) is 37.0 Å². The van der Waals surface area contributed by atoms with Crippen LogP contribution >= 0.6 is 11.6 Å². The van der Waals surface area contributed by atoms with Crippen LogP contribution in [0.2, 0.25) is 5.02 Å². The minimum absolute atomic E-state index is 0.253. The Kier molecular flexibility index (Phi) is 6.29. The number of nitrogens with two attached hydrogens (primary N) is 1. The van der Waals surface area contributed by atoms with Crippen LogP contribution in [0.5, 0.6) is 11.5 Å². The highest BCUT2D eigenvalue weighted by Gasteiger charge is 2.16. The zero-order valence-electron chi connectivity index (χ0n) is 15.3. The SMILES string of the molecule is COc1cc(CNc2ccccc2N2CCCC2)cc(Cl)c1OCC(N)=O. The third kappa shape index (κ3) is 4.77. The summed E-state index contributed by atoms with van der Waals surface area (Å²) in [6.07, 6.45) is 2.46. The molecule has 1 saturated heterocycles. The Labute approximate surface area is 164 Å². The van der Waals surface area contributed by atoms with E-state index in [1.165, 1.54) is 25.6 Å². The number of ether oxygens (including phenoxy) is 2. The number of primary amides is 1.